The van der Waals surface area contributed by atoms with E-state index in [4.69, 9.17) is 5.11 Å². The van der Waals surface area contributed by atoms with Crippen LogP contribution in [0, 0.1) is 0 Å². The van der Waals surface area contributed by atoms with Crippen molar-refractivity contribution in [3.63, 3.8) is 0 Å². The van der Waals surface area contributed by atoms with Gasteiger partial charge in [-0.2, -0.15) is 0 Å². The lowest BCUT2D eigenvalue weighted by Gasteiger charge is -2.40. The lowest BCUT2D eigenvalue weighted by Crippen LogP contribution is -2.53. The normalized spacial score (nSPS) is 11.5. The second-order valence-electron chi connectivity index (χ2n) is 5.83. The molecule has 0 unspecified atom stereocenters. The molecule has 112 valence electrons. The summed E-state index contributed by atoms with van der Waals surface area (Å²) < 4.78 is 0. The van der Waals surface area contributed by atoms with Crippen molar-refractivity contribution in [1.82, 2.24) is 9.80 Å². The molecule has 0 radical (unpaired) electrons. The molecule has 0 aliphatic heterocycles. The second-order valence-corrected chi connectivity index (χ2v) is 5.83. The van der Waals surface area contributed by atoms with Crippen LogP contribution < -0.4 is 0 Å². The molecule has 0 rings (SSSR count). The monoisotopic (exact) mass is 272 g/mol. The number of carbonyl (C=O) groups is 2. The van der Waals surface area contributed by atoms with Gasteiger partial charge in [-0.15, -0.1) is 0 Å². The fourth-order valence-electron chi connectivity index (χ4n) is 2.11. The Morgan fingerprint density at radius 1 is 1.16 bits per heavy atom. The molecule has 0 saturated heterocycles. The van der Waals surface area contributed by atoms with Crippen LogP contribution in [0.5, 0.6) is 0 Å². The molecule has 0 spiro atoms. The van der Waals surface area contributed by atoms with E-state index in [0.717, 1.165) is 12.8 Å². The van der Waals surface area contributed by atoms with Crippen LogP contribution in [0.15, 0.2) is 0 Å². The molecule has 0 atom stereocenters. The lowest BCUT2D eigenvalue weighted by molar-refractivity contribution is -0.137. The Morgan fingerprint density at radius 3 is 1.95 bits per heavy atom. The summed E-state index contributed by atoms with van der Waals surface area (Å²) in [6.07, 6.45) is 1.77. The zero-order chi connectivity index (χ0) is 15.2. The predicted octanol–water partition coefficient (Wildman–Crippen LogP) is 2.80. The SMILES string of the molecule is CCC(CC)N(C)C(=O)N(CCC(=O)O)C(C)(C)C. The van der Waals surface area contributed by atoms with E-state index in [-0.39, 0.29) is 30.6 Å². The van der Waals surface area contributed by atoms with Gasteiger partial charge in [-0.1, -0.05) is 13.8 Å². The molecule has 0 aromatic heterocycles. The van der Waals surface area contributed by atoms with Gasteiger partial charge in [-0.25, -0.2) is 4.79 Å². The quantitative estimate of drug-likeness (QED) is 0.808. The Kier molecular flexibility index (Phi) is 6.87. The van der Waals surface area contributed by atoms with Gasteiger partial charge in [0.25, 0.3) is 0 Å². The van der Waals surface area contributed by atoms with Gasteiger partial charge in [0.15, 0.2) is 0 Å². The molecule has 0 aliphatic rings. The minimum atomic E-state index is -0.882. The number of nitrogens with zero attached hydrogens (tertiary/aromatic N) is 2. The zero-order valence-corrected chi connectivity index (χ0v) is 13.1. The summed E-state index contributed by atoms with van der Waals surface area (Å²) in [5.74, 6) is -0.882. The Balaban J connectivity index is 4.95. The highest BCUT2D eigenvalue weighted by molar-refractivity contribution is 5.76. The van der Waals surface area contributed by atoms with Crippen molar-refractivity contribution < 1.29 is 14.7 Å². The fraction of sp³-hybridized carbons (Fsp3) is 0.857. The third-order valence-corrected chi connectivity index (χ3v) is 3.38. The average molecular weight is 272 g/mol. The van der Waals surface area contributed by atoms with Crippen molar-refractivity contribution in [2.75, 3.05) is 13.6 Å². The lowest BCUT2D eigenvalue weighted by atomic mass is 10.1. The van der Waals surface area contributed by atoms with Gasteiger partial charge in [-0.05, 0) is 33.6 Å². The van der Waals surface area contributed by atoms with Crippen LogP contribution in [0.1, 0.15) is 53.9 Å². The van der Waals surface area contributed by atoms with E-state index in [0.29, 0.717) is 0 Å². The van der Waals surface area contributed by atoms with E-state index in [9.17, 15) is 9.59 Å². The highest BCUT2D eigenvalue weighted by Gasteiger charge is 2.30. The van der Waals surface area contributed by atoms with Gasteiger partial charge in [0.05, 0.1) is 6.42 Å². The summed E-state index contributed by atoms with van der Waals surface area (Å²) in [5, 5.41) is 8.80. The van der Waals surface area contributed by atoms with Crippen LogP contribution in [0.4, 0.5) is 4.79 Å². The molecule has 0 aliphatic carbocycles. The average Bonchev–Trinajstić information content (AvgIpc) is 2.28. The van der Waals surface area contributed by atoms with Crippen LogP contribution in [0.2, 0.25) is 0 Å². The molecule has 0 saturated carbocycles. The molecule has 0 bridgehead atoms. The molecule has 5 nitrogen and oxygen atoms in total. The highest BCUT2D eigenvalue weighted by Crippen LogP contribution is 2.18. The van der Waals surface area contributed by atoms with Crippen LogP contribution in [-0.2, 0) is 4.79 Å². The van der Waals surface area contributed by atoms with Gasteiger partial charge in [0.2, 0.25) is 0 Å². The number of carboxylic acid groups (broad SMARTS) is 1. The van der Waals surface area contributed by atoms with Gasteiger partial charge in [0.1, 0.15) is 0 Å². The van der Waals surface area contributed by atoms with Crippen molar-refractivity contribution in [2.24, 2.45) is 0 Å². The minimum Gasteiger partial charge on any atom is -0.481 e. The summed E-state index contributed by atoms with van der Waals surface area (Å²) >= 11 is 0. The molecule has 1 N–H and O–H groups in total. The largest absolute Gasteiger partial charge is 0.481 e. The molecule has 0 heterocycles. The van der Waals surface area contributed by atoms with Gasteiger partial charge in [0, 0.05) is 25.2 Å². The first kappa shape index (κ1) is 17.7. The Bertz CT molecular complexity index is 306. The third-order valence-electron chi connectivity index (χ3n) is 3.38. The number of hydrogen-bond donors (Lipinski definition) is 1. The molecule has 19 heavy (non-hydrogen) atoms. The van der Waals surface area contributed by atoms with E-state index >= 15 is 0 Å². The van der Waals surface area contributed by atoms with Crippen molar-refractivity contribution in [3.05, 3.63) is 0 Å². The maximum atomic E-state index is 12.5. The van der Waals surface area contributed by atoms with Crippen LogP contribution in [-0.4, -0.2) is 52.1 Å². The number of rotatable bonds is 6. The molecule has 0 fully saturated rings. The fourth-order valence-corrected chi connectivity index (χ4v) is 2.11. The second kappa shape index (κ2) is 7.36. The predicted molar refractivity (Wildman–Crippen MR) is 76.2 cm³/mol. The minimum absolute atomic E-state index is 0.0280. The van der Waals surface area contributed by atoms with E-state index in [1.54, 1.807) is 16.8 Å². The summed E-state index contributed by atoms with van der Waals surface area (Å²) in [7, 11) is 1.79. The number of carboxylic acids is 1. The molecule has 2 amide bonds. The summed E-state index contributed by atoms with van der Waals surface area (Å²) in [5.41, 5.74) is -0.382. The molecule has 0 aromatic rings. The topological polar surface area (TPSA) is 60.9 Å². The first-order chi connectivity index (χ1) is 8.65. The smallest absolute Gasteiger partial charge is 0.320 e. The zero-order valence-electron chi connectivity index (χ0n) is 13.1. The third kappa shape index (κ3) is 5.49. The van der Waals surface area contributed by atoms with Gasteiger partial charge < -0.3 is 14.9 Å². The Labute approximate surface area is 116 Å². The number of hydrogen-bond acceptors (Lipinski definition) is 2. The Hall–Kier alpha value is -1.26. The van der Waals surface area contributed by atoms with E-state index in [2.05, 4.69) is 13.8 Å². The van der Waals surface area contributed by atoms with E-state index in [1.807, 2.05) is 20.8 Å². The van der Waals surface area contributed by atoms with Gasteiger partial charge in [-0.3, -0.25) is 4.79 Å². The number of carbonyl (C=O) groups excluding carboxylic acids is 1. The van der Waals surface area contributed by atoms with Crippen LogP contribution in [0.25, 0.3) is 0 Å². The summed E-state index contributed by atoms with van der Waals surface area (Å²) in [4.78, 5) is 26.6. The van der Waals surface area contributed by atoms with Crippen molar-refractivity contribution in [1.29, 1.82) is 0 Å². The van der Waals surface area contributed by atoms with Crippen molar-refractivity contribution in [3.8, 4) is 0 Å². The first-order valence-corrected chi connectivity index (χ1v) is 6.91. The molecule has 5 heteroatoms. The maximum absolute atomic E-state index is 12.5. The van der Waals surface area contributed by atoms with Gasteiger partial charge >= 0.3 is 12.0 Å². The molecular formula is C14H28N2O3. The summed E-state index contributed by atoms with van der Waals surface area (Å²) in [6.45, 7) is 10.1. The van der Waals surface area contributed by atoms with Crippen LogP contribution >= 0.6 is 0 Å². The van der Waals surface area contributed by atoms with Crippen LogP contribution in [0.3, 0.4) is 0 Å². The number of amides is 2. The van der Waals surface area contributed by atoms with Crippen molar-refractivity contribution in [2.45, 2.75) is 65.5 Å². The standard InChI is InChI=1S/C14H28N2O3/c1-7-11(8-2)15(6)13(19)16(14(3,4)5)10-9-12(17)18/h11H,7-10H2,1-6H3,(H,17,18). The number of aliphatic carboxylic acids is 1. The number of urea groups is 1. The van der Waals surface area contributed by atoms with Crippen molar-refractivity contribution >= 4 is 12.0 Å². The van der Waals surface area contributed by atoms with E-state index in [1.165, 1.54) is 0 Å². The van der Waals surface area contributed by atoms with E-state index < -0.39 is 5.97 Å². The Morgan fingerprint density at radius 2 is 1.63 bits per heavy atom. The first-order valence-electron chi connectivity index (χ1n) is 6.91. The summed E-state index contributed by atoms with van der Waals surface area (Å²) in [6, 6.07) is 0.102. The molecular weight excluding hydrogens is 244 g/mol. The highest BCUT2D eigenvalue weighted by atomic mass is 16.4. The maximum Gasteiger partial charge on any atom is 0.320 e. The molecule has 0 aromatic carbocycles.